The number of primary amides is 1. The van der Waals surface area contributed by atoms with Crippen LogP contribution in [0.5, 0.6) is 0 Å². The van der Waals surface area contributed by atoms with Crippen molar-refractivity contribution in [2.75, 3.05) is 68.8 Å². The maximum absolute atomic E-state index is 15.5. The quantitative estimate of drug-likeness (QED) is 0.0526. The summed E-state index contributed by atoms with van der Waals surface area (Å²) in [5.41, 5.74) is 11.3. The van der Waals surface area contributed by atoms with E-state index >= 15 is 9.59 Å². The fraction of sp³-hybridized carbons (Fsp3) is 0.548. The standard InChI is InChI=1S/C73H101N19O21S2/c1-35(2)58-70(110)83-48(24-57(99)100)63(103)78-28-53(94)80-46(22-39-25-76-43-14-9-7-12-41(39)43)65(105)88-59(36(3)4)72(112)92-19-11-16-52(92)69(109)85-50(61(75)101)29-114-31-54(95)90-20-21-91-34-73(113,33-90)79-27-49(67(107)82-47(66(106)87-58)23-40-26-77-44-15-10-8-13-42(40)44)84-64(104)45(17-18-56(97)98)81-71(111)60(38(6)93)89-68(108)51(30-115-32-55(91)96)86-62(102)37(5)74/h7-10,12-15,25-26,35-38,45-52,58-60,76-77,79,93,113H,11,16-24,27-34,74H2,1-6H3,(H2,75,101)(H,78,103)(H,80,94)(H,81,111)(H,82,107)(H,83,110)(H,84,104)(H,85,109)(H,86,102)(H,87,106)(H,88,105)(H,89,108)(H,97,98)(H,99,100)/t37-,38+,45-,46-,47-,48-,49-,50-,51-,52-,58-,59-,60-,73?/m0/s1. The number of amides is 15. The zero-order valence-electron chi connectivity index (χ0n) is 64.2. The van der Waals surface area contributed by atoms with E-state index in [-0.39, 0.29) is 44.6 Å². The first kappa shape index (κ1) is 89.6. The number of aromatic nitrogens is 2. The summed E-state index contributed by atoms with van der Waals surface area (Å²) in [4.78, 5) is 251. The molecule has 0 saturated carbocycles. The molecule has 626 valence electrons. The van der Waals surface area contributed by atoms with E-state index in [9.17, 15) is 92.3 Å². The van der Waals surface area contributed by atoms with Crippen LogP contribution in [0.1, 0.15) is 84.8 Å². The lowest BCUT2D eigenvalue weighted by atomic mass is 9.99. The van der Waals surface area contributed by atoms with Crippen molar-refractivity contribution in [1.82, 2.24) is 88.5 Å². The second kappa shape index (κ2) is 40.9. The molecule has 8 rings (SSSR count). The number of carboxylic acids is 2. The summed E-state index contributed by atoms with van der Waals surface area (Å²) in [6, 6.07) is -6.10. The lowest BCUT2D eigenvalue weighted by molar-refractivity contribution is -0.143. The van der Waals surface area contributed by atoms with Gasteiger partial charge in [-0.25, -0.2) is 0 Å². The van der Waals surface area contributed by atoms with E-state index in [2.05, 4.69) is 73.8 Å². The maximum atomic E-state index is 15.5. The van der Waals surface area contributed by atoms with Gasteiger partial charge in [0, 0.05) is 91.1 Å². The minimum absolute atomic E-state index is 0.00817. The molecule has 22 N–H and O–H groups in total. The number of para-hydroxylation sites is 2. The van der Waals surface area contributed by atoms with Crippen LogP contribution in [0.3, 0.4) is 0 Å². The number of rotatable bonds is 15. The van der Waals surface area contributed by atoms with E-state index in [0.717, 1.165) is 40.2 Å². The molecule has 4 bridgehead atoms. The molecule has 6 heterocycles. The zero-order chi connectivity index (χ0) is 84.3. The van der Waals surface area contributed by atoms with Crippen LogP contribution < -0.4 is 75.3 Å². The average molecular weight is 1640 g/mol. The number of aliphatic carboxylic acids is 2. The number of hydrogen-bond acceptors (Lipinski definition) is 23. The smallest absolute Gasteiger partial charge is 0.305 e. The molecule has 14 atom stereocenters. The molecule has 4 saturated heterocycles. The molecule has 4 aliphatic rings. The Labute approximate surface area is 668 Å². The van der Waals surface area contributed by atoms with Crippen molar-refractivity contribution in [3.63, 3.8) is 0 Å². The van der Waals surface area contributed by atoms with Crippen molar-refractivity contribution >= 4 is 146 Å². The fourth-order valence-corrected chi connectivity index (χ4v) is 15.4. The van der Waals surface area contributed by atoms with Gasteiger partial charge in [0.05, 0.1) is 49.7 Å². The van der Waals surface area contributed by atoms with Crippen molar-refractivity contribution < 1.29 is 102 Å². The summed E-state index contributed by atoms with van der Waals surface area (Å²) in [7, 11) is 0. The van der Waals surface area contributed by atoms with Gasteiger partial charge in [-0.3, -0.25) is 86.8 Å². The number of carboxylic acid groups (broad SMARTS) is 2. The number of nitrogens with one attached hydrogen (secondary N) is 14. The Morgan fingerprint density at radius 1 is 0.583 bits per heavy atom. The monoisotopic (exact) mass is 1640 g/mol. The van der Waals surface area contributed by atoms with Crippen LogP contribution in [-0.2, 0) is 94.3 Å². The van der Waals surface area contributed by atoms with E-state index in [1.54, 1.807) is 68.6 Å². The molecule has 4 aromatic rings. The summed E-state index contributed by atoms with van der Waals surface area (Å²) in [5, 5.41) is 75.3. The predicted octanol–water partition coefficient (Wildman–Crippen LogP) is -6.30. The number of benzene rings is 2. The number of carbonyl (C=O) groups excluding carboxylic acids is 15. The van der Waals surface area contributed by atoms with Gasteiger partial charge in [0.25, 0.3) is 0 Å². The number of nitrogens with zero attached hydrogens (tertiary/aromatic N) is 3. The highest BCUT2D eigenvalue weighted by molar-refractivity contribution is 8.00. The van der Waals surface area contributed by atoms with Crippen molar-refractivity contribution in [3.05, 3.63) is 72.1 Å². The number of nitrogens with two attached hydrogens (primary N) is 2. The van der Waals surface area contributed by atoms with E-state index < -0.39 is 266 Å². The molecule has 1 unspecified atom stereocenters. The summed E-state index contributed by atoms with van der Waals surface area (Å²) in [6.45, 7) is 4.62. The van der Waals surface area contributed by atoms with Gasteiger partial charge in [-0.15, -0.1) is 23.5 Å². The Morgan fingerprint density at radius 3 is 1.65 bits per heavy atom. The summed E-state index contributed by atoms with van der Waals surface area (Å²) in [5.74, 6) is -21.9. The molecule has 0 radical (unpaired) electrons. The first-order valence-corrected chi connectivity index (χ1v) is 39.8. The van der Waals surface area contributed by atoms with Crippen molar-refractivity contribution in [1.29, 1.82) is 0 Å². The van der Waals surface area contributed by atoms with Gasteiger partial charge in [-0.1, -0.05) is 64.1 Å². The van der Waals surface area contributed by atoms with E-state index in [4.69, 9.17) is 11.5 Å². The van der Waals surface area contributed by atoms with Gasteiger partial charge in [-0.2, -0.15) is 0 Å². The molecule has 2 aromatic heterocycles. The minimum atomic E-state index is -2.53. The topological polar surface area (TPSA) is 609 Å². The predicted molar refractivity (Wildman–Crippen MR) is 415 cm³/mol. The van der Waals surface area contributed by atoms with Crippen LogP contribution >= 0.6 is 23.5 Å². The van der Waals surface area contributed by atoms with E-state index in [1.165, 1.54) is 31.9 Å². The van der Waals surface area contributed by atoms with Crippen molar-refractivity contribution in [2.24, 2.45) is 23.3 Å². The van der Waals surface area contributed by atoms with Crippen LogP contribution in [0.25, 0.3) is 21.8 Å². The molecular weight excluding hydrogens is 1540 g/mol. The van der Waals surface area contributed by atoms with E-state index in [1.807, 2.05) is 0 Å². The molecule has 4 aliphatic heterocycles. The fourth-order valence-electron chi connectivity index (χ4n) is 13.5. The summed E-state index contributed by atoms with van der Waals surface area (Å²) >= 11 is 1.60. The molecule has 15 amide bonds. The molecule has 2 aromatic carbocycles. The van der Waals surface area contributed by atoms with Crippen LogP contribution in [0.4, 0.5) is 0 Å². The summed E-state index contributed by atoms with van der Waals surface area (Å²) in [6.07, 6.45) is -1.65. The zero-order valence-corrected chi connectivity index (χ0v) is 65.8. The molecule has 42 heteroatoms. The lowest BCUT2D eigenvalue weighted by Crippen LogP contribution is -2.65. The van der Waals surface area contributed by atoms with Crippen LogP contribution in [0, 0.1) is 11.8 Å². The molecule has 0 spiro atoms. The van der Waals surface area contributed by atoms with Gasteiger partial charge in [0.2, 0.25) is 88.6 Å². The van der Waals surface area contributed by atoms with Crippen LogP contribution in [-0.4, -0.2) is 299 Å². The van der Waals surface area contributed by atoms with Gasteiger partial charge in [0.1, 0.15) is 66.5 Å². The first-order valence-electron chi connectivity index (χ1n) is 37.5. The highest BCUT2D eigenvalue weighted by Gasteiger charge is 2.45. The Bertz CT molecular complexity index is 4310. The third-order valence-electron chi connectivity index (χ3n) is 19.8. The van der Waals surface area contributed by atoms with Crippen molar-refractivity contribution in [3.8, 4) is 0 Å². The third-order valence-corrected chi connectivity index (χ3v) is 21.9. The minimum Gasteiger partial charge on any atom is -0.481 e. The second-order valence-electron chi connectivity index (χ2n) is 29.5. The number of aliphatic hydroxyl groups excluding tert-OH is 1. The molecule has 4 fully saturated rings. The Balaban J connectivity index is 1.21. The number of fused-ring (bicyclic) bond motifs is 7. The second-order valence-corrected chi connectivity index (χ2v) is 31.6. The number of aliphatic hydroxyl groups is 2. The molecule has 0 aliphatic carbocycles. The number of hydrogen-bond donors (Lipinski definition) is 20. The third kappa shape index (κ3) is 24.8. The molecule has 115 heavy (non-hydrogen) atoms. The Kier molecular flexibility index (Phi) is 31.8. The van der Waals surface area contributed by atoms with Gasteiger partial charge in [-0.05, 0) is 68.2 Å². The highest BCUT2D eigenvalue weighted by atomic mass is 32.2. The number of H-pyrrole nitrogens is 2. The Hall–Kier alpha value is -11.0. The highest BCUT2D eigenvalue weighted by Crippen LogP contribution is 2.25. The normalized spacial score (nSPS) is 26.7. The summed E-state index contributed by atoms with van der Waals surface area (Å²) < 4.78 is 0. The van der Waals surface area contributed by atoms with Crippen molar-refractivity contribution in [2.45, 2.75) is 171 Å². The van der Waals surface area contributed by atoms with Gasteiger partial charge >= 0.3 is 11.9 Å². The van der Waals surface area contributed by atoms with Gasteiger partial charge < -0.3 is 115 Å². The SMILES string of the molecule is CC(C)[C@@H]1NC(=O)[C@H](Cc2c[nH]c3ccccc23)NC(=O)[C@@H]2CNC3(O)CN(CCN(C3)C(=O)CSC[C@H](NC(=O)[C@H](C)N)C(=O)N[C@@H]([C@@H](C)O)C(=O)N[C@@H](CCC(=O)O)C(=O)N2)C(=O)CSC[C@@H](C(N)=O)NC(=O)[C@@H]2CCCN2C(=O)[C@H](C(C)C)NC(=O)[C@H](Cc2c[nH]c3ccccc23)NC(=O)CNC(=O)[C@H](CC(=O)O)NC1=O. The van der Waals surface area contributed by atoms with Gasteiger partial charge in [0.15, 0.2) is 5.72 Å². The van der Waals surface area contributed by atoms with E-state index in [0.29, 0.717) is 32.9 Å². The van der Waals surface area contributed by atoms with Crippen LogP contribution in [0.15, 0.2) is 60.9 Å². The maximum Gasteiger partial charge on any atom is 0.305 e. The van der Waals surface area contributed by atoms with Crippen LogP contribution in [0.2, 0.25) is 0 Å². The number of aromatic amines is 2. The Morgan fingerprint density at radius 2 is 1.10 bits per heavy atom. The lowest BCUT2D eigenvalue weighted by Gasteiger charge is -2.35. The number of carbonyl (C=O) groups is 17. The first-order chi connectivity index (χ1) is 54.4. The largest absolute Gasteiger partial charge is 0.481 e. The average Bonchev–Trinajstić information content (AvgIpc) is 1.72. The number of thioether (sulfide) groups is 2. The molecular formula is C73H101N19O21S2. The molecule has 40 nitrogen and oxygen atoms in total.